The van der Waals surface area contributed by atoms with Gasteiger partial charge in [0, 0.05) is 0 Å². The largest absolute Gasteiger partial charge is 0.425 e. The molecule has 0 aromatic rings. The average molecular weight is 141 g/mol. The monoisotopic (exact) mass is 141 g/mol. The first-order valence-corrected chi connectivity index (χ1v) is 3.60. The molecule has 0 fully saturated rings. The van der Waals surface area contributed by atoms with Crippen molar-refractivity contribution in [3.63, 3.8) is 0 Å². The number of nitrogens with zero attached hydrogens (tertiary/aromatic N) is 1. The molecule has 3 heteroatoms. The molecule has 1 aliphatic heterocycles. The molecule has 0 aromatic carbocycles. The Kier molecular flexibility index (Phi) is 1.76. The third kappa shape index (κ3) is 0.827. The number of urea groups is 1. The highest BCUT2D eigenvalue weighted by molar-refractivity contribution is 5.70. The summed E-state index contributed by atoms with van der Waals surface area (Å²) in [5.41, 5.74) is 0. The molecule has 0 saturated carbocycles. The zero-order valence-corrected chi connectivity index (χ0v) is 6.42. The summed E-state index contributed by atoms with van der Waals surface area (Å²) in [6.07, 6.45) is 3.62. The fourth-order valence-corrected chi connectivity index (χ4v) is 1.17. The van der Waals surface area contributed by atoms with E-state index < -0.39 is 0 Å². The molecule has 10 heavy (non-hydrogen) atoms. The van der Waals surface area contributed by atoms with E-state index in [2.05, 4.69) is 5.32 Å². The molecule has 3 nitrogen and oxygen atoms in total. The lowest BCUT2D eigenvalue weighted by atomic mass is 10.4. The van der Waals surface area contributed by atoms with Crippen LogP contribution < -0.4 is 5.32 Å². The zero-order chi connectivity index (χ0) is 7.61. The van der Waals surface area contributed by atoms with E-state index in [0.29, 0.717) is 4.48 Å². The van der Waals surface area contributed by atoms with Crippen LogP contribution in [-0.2, 0) is 0 Å². The summed E-state index contributed by atoms with van der Waals surface area (Å²) in [6.45, 7) is 5.69. The van der Waals surface area contributed by atoms with Crippen molar-refractivity contribution in [2.45, 2.75) is 13.8 Å². The minimum Gasteiger partial charge on any atom is -0.276 e. The van der Waals surface area contributed by atoms with Crippen LogP contribution in [0.15, 0.2) is 12.4 Å². The highest BCUT2D eigenvalue weighted by Crippen LogP contribution is 2.12. The van der Waals surface area contributed by atoms with Gasteiger partial charge in [0.2, 0.25) is 0 Å². The Balaban J connectivity index is 2.81. The fourth-order valence-electron chi connectivity index (χ4n) is 1.17. The Morgan fingerprint density at radius 1 is 1.50 bits per heavy atom. The Morgan fingerprint density at radius 3 is 2.30 bits per heavy atom. The Morgan fingerprint density at radius 2 is 2.10 bits per heavy atom. The van der Waals surface area contributed by atoms with Crippen molar-refractivity contribution in [1.29, 1.82) is 0 Å². The lowest BCUT2D eigenvalue weighted by Gasteiger charge is -2.23. The number of hydrogen-bond acceptors (Lipinski definition) is 1. The highest BCUT2D eigenvalue weighted by Gasteiger charge is 2.34. The lowest BCUT2D eigenvalue weighted by molar-refractivity contribution is -0.790. The Hall–Kier alpha value is -0.830. The van der Waals surface area contributed by atoms with Crippen LogP contribution in [0.2, 0.25) is 0 Å². The summed E-state index contributed by atoms with van der Waals surface area (Å²) in [7, 11) is 0. The van der Waals surface area contributed by atoms with Crippen molar-refractivity contribution in [3.8, 4) is 0 Å². The van der Waals surface area contributed by atoms with Crippen molar-refractivity contribution >= 4 is 6.03 Å². The first-order chi connectivity index (χ1) is 4.75. The van der Waals surface area contributed by atoms with Gasteiger partial charge < -0.3 is 0 Å². The van der Waals surface area contributed by atoms with E-state index in [0.717, 1.165) is 13.1 Å². The molecular weight excluding hydrogens is 128 g/mol. The molecular formula is C7H13N2O+. The van der Waals surface area contributed by atoms with Gasteiger partial charge >= 0.3 is 6.03 Å². The molecule has 0 atom stereocenters. The first-order valence-electron chi connectivity index (χ1n) is 3.60. The van der Waals surface area contributed by atoms with Gasteiger partial charge in [-0.2, -0.15) is 0 Å². The molecule has 0 bridgehead atoms. The molecule has 0 unspecified atom stereocenters. The Labute approximate surface area is 60.9 Å². The SMILES string of the molecule is CC[N+]1(CC)C=CNC1=O. The van der Waals surface area contributed by atoms with Gasteiger partial charge in [-0.1, -0.05) is 0 Å². The third-order valence-corrected chi connectivity index (χ3v) is 2.10. The van der Waals surface area contributed by atoms with Crippen LogP contribution in [0.25, 0.3) is 0 Å². The van der Waals surface area contributed by atoms with Crippen molar-refractivity contribution in [2.75, 3.05) is 13.1 Å². The maximum absolute atomic E-state index is 11.2. The van der Waals surface area contributed by atoms with Crippen LogP contribution in [0.4, 0.5) is 4.79 Å². The summed E-state index contributed by atoms with van der Waals surface area (Å²) in [5, 5.41) is 2.66. The fraction of sp³-hybridized carbons (Fsp3) is 0.571. The standard InChI is InChI=1S/C7H12N2O/c1-3-9(4-2)6-5-8-7(9)10/h5-6H,3-4H2,1-2H3/p+1. The third-order valence-electron chi connectivity index (χ3n) is 2.10. The van der Waals surface area contributed by atoms with Crippen LogP contribution in [0.5, 0.6) is 0 Å². The number of nitrogens with one attached hydrogen (secondary N) is 1. The number of carbonyl (C=O) groups is 1. The highest BCUT2D eigenvalue weighted by atomic mass is 16.2. The van der Waals surface area contributed by atoms with Gasteiger partial charge in [0.15, 0.2) is 0 Å². The zero-order valence-electron chi connectivity index (χ0n) is 6.42. The van der Waals surface area contributed by atoms with Gasteiger partial charge in [-0.05, 0) is 13.8 Å². The van der Waals surface area contributed by atoms with Crippen LogP contribution in [0.3, 0.4) is 0 Å². The molecule has 1 aliphatic rings. The van der Waals surface area contributed by atoms with Crippen LogP contribution in [-0.4, -0.2) is 23.6 Å². The van der Waals surface area contributed by atoms with Gasteiger partial charge in [0.25, 0.3) is 0 Å². The van der Waals surface area contributed by atoms with Crippen LogP contribution in [0.1, 0.15) is 13.8 Å². The molecule has 0 spiro atoms. The maximum atomic E-state index is 11.2. The minimum absolute atomic E-state index is 0.0880. The number of amides is 2. The number of rotatable bonds is 2. The second kappa shape index (κ2) is 2.42. The van der Waals surface area contributed by atoms with E-state index in [1.54, 1.807) is 6.20 Å². The average Bonchev–Trinajstić information content (AvgIpc) is 2.32. The van der Waals surface area contributed by atoms with Gasteiger partial charge in [-0.15, -0.1) is 0 Å². The number of quaternary nitrogens is 1. The second-order valence-corrected chi connectivity index (χ2v) is 2.43. The van der Waals surface area contributed by atoms with E-state index in [-0.39, 0.29) is 6.03 Å². The number of carbonyl (C=O) groups excluding carboxylic acids is 1. The van der Waals surface area contributed by atoms with Gasteiger partial charge in [-0.25, -0.2) is 9.28 Å². The van der Waals surface area contributed by atoms with Crippen LogP contribution in [0, 0.1) is 0 Å². The van der Waals surface area contributed by atoms with Crippen molar-refractivity contribution in [3.05, 3.63) is 12.4 Å². The Bertz CT molecular complexity index is 170. The molecule has 0 saturated heterocycles. The number of hydrogen-bond donors (Lipinski definition) is 1. The molecule has 1 heterocycles. The van der Waals surface area contributed by atoms with Gasteiger partial charge in [-0.3, -0.25) is 5.32 Å². The summed E-state index contributed by atoms with van der Waals surface area (Å²) in [4.78, 5) is 11.2. The summed E-state index contributed by atoms with van der Waals surface area (Å²) >= 11 is 0. The normalized spacial score (nSPS) is 21.2. The van der Waals surface area contributed by atoms with Crippen molar-refractivity contribution < 1.29 is 9.28 Å². The molecule has 1 rings (SSSR count). The second-order valence-electron chi connectivity index (χ2n) is 2.43. The van der Waals surface area contributed by atoms with E-state index in [9.17, 15) is 4.79 Å². The first kappa shape index (κ1) is 7.28. The lowest BCUT2D eigenvalue weighted by Crippen LogP contribution is -2.47. The van der Waals surface area contributed by atoms with E-state index in [1.807, 2.05) is 20.0 Å². The maximum Gasteiger partial charge on any atom is 0.425 e. The van der Waals surface area contributed by atoms with Crippen molar-refractivity contribution in [1.82, 2.24) is 5.32 Å². The predicted molar refractivity (Wildman–Crippen MR) is 39.0 cm³/mol. The molecule has 0 aromatic heterocycles. The van der Waals surface area contributed by atoms with E-state index in [1.165, 1.54) is 0 Å². The molecule has 2 amide bonds. The molecule has 0 aliphatic carbocycles. The van der Waals surface area contributed by atoms with Gasteiger partial charge in [0.1, 0.15) is 6.20 Å². The van der Waals surface area contributed by atoms with Gasteiger partial charge in [0.05, 0.1) is 19.3 Å². The summed E-state index contributed by atoms with van der Waals surface area (Å²) in [6, 6.07) is 0.0880. The van der Waals surface area contributed by atoms with Crippen LogP contribution >= 0.6 is 0 Å². The van der Waals surface area contributed by atoms with Crippen molar-refractivity contribution in [2.24, 2.45) is 0 Å². The quantitative estimate of drug-likeness (QED) is 0.572. The molecule has 56 valence electrons. The van der Waals surface area contributed by atoms with E-state index >= 15 is 0 Å². The molecule has 0 radical (unpaired) electrons. The summed E-state index contributed by atoms with van der Waals surface area (Å²) < 4.78 is 0.444. The topological polar surface area (TPSA) is 29.1 Å². The predicted octanol–water partition coefficient (Wildman–Crippen LogP) is 1.04. The smallest absolute Gasteiger partial charge is 0.276 e. The van der Waals surface area contributed by atoms with E-state index in [4.69, 9.17) is 0 Å². The summed E-state index contributed by atoms with van der Waals surface area (Å²) in [5.74, 6) is 0. The minimum atomic E-state index is 0.0880. The molecule has 1 N–H and O–H groups in total.